The number of fused-ring (bicyclic) bond motifs is 1. The van der Waals surface area contributed by atoms with Gasteiger partial charge in [-0.1, -0.05) is 72.8 Å². The topological polar surface area (TPSA) is 38.3 Å². The summed E-state index contributed by atoms with van der Waals surface area (Å²) in [6, 6.07) is 23.8. The number of carbonyl (C=O) groups is 1. The molecule has 0 spiro atoms. The third-order valence-corrected chi connectivity index (χ3v) is 3.50. The Hall–Kier alpha value is -2.65. The highest BCUT2D eigenvalue weighted by atomic mass is 16.6. The zero-order valence-corrected chi connectivity index (χ0v) is 12.2. The van der Waals surface area contributed by atoms with Crippen LogP contribution in [0.5, 0.6) is 0 Å². The average molecular weight is 291 g/mol. The van der Waals surface area contributed by atoms with Gasteiger partial charge in [-0.05, 0) is 21.9 Å². The van der Waals surface area contributed by atoms with E-state index in [2.05, 4.69) is 23.7 Å². The SMILES string of the molecule is O=C(Cc1ccccc1)NOCc1cccc2ccccc12. The molecule has 22 heavy (non-hydrogen) atoms. The van der Waals surface area contributed by atoms with E-state index in [0.717, 1.165) is 16.5 Å². The predicted molar refractivity (Wildman–Crippen MR) is 87.0 cm³/mol. The second-order valence-corrected chi connectivity index (χ2v) is 5.11. The fourth-order valence-electron chi connectivity index (χ4n) is 2.43. The number of benzene rings is 3. The van der Waals surface area contributed by atoms with E-state index in [1.807, 2.05) is 54.6 Å². The lowest BCUT2D eigenvalue weighted by Gasteiger charge is -2.08. The molecule has 3 aromatic carbocycles. The van der Waals surface area contributed by atoms with Crippen molar-refractivity contribution in [3.63, 3.8) is 0 Å². The number of hydrogen-bond donors (Lipinski definition) is 1. The summed E-state index contributed by atoms with van der Waals surface area (Å²) >= 11 is 0. The molecule has 0 heterocycles. The molecule has 0 fully saturated rings. The molecule has 0 aliphatic carbocycles. The fourth-order valence-corrected chi connectivity index (χ4v) is 2.43. The third kappa shape index (κ3) is 3.51. The minimum atomic E-state index is -0.147. The van der Waals surface area contributed by atoms with Gasteiger partial charge in [0, 0.05) is 0 Å². The normalized spacial score (nSPS) is 10.5. The Kier molecular flexibility index (Phi) is 4.47. The largest absolute Gasteiger partial charge is 0.272 e. The van der Waals surface area contributed by atoms with Gasteiger partial charge in [-0.15, -0.1) is 0 Å². The van der Waals surface area contributed by atoms with Crippen molar-refractivity contribution in [2.24, 2.45) is 0 Å². The first-order valence-electron chi connectivity index (χ1n) is 7.24. The highest BCUT2D eigenvalue weighted by Gasteiger charge is 2.04. The number of amides is 1. The van der Waals surface area contributed by atoms with Crippen LogP contribution in [0.3, 0.4) is 0 Å². The maximum Gasteiger partial charge on any atom is 0.247 e. The highest BCUT2D eigenvalue weighted by molar-refractivity contribution is 5.85. The van der Waals surface area contributed by atoms with Crippen molar-refractivity contribution in [1.82, 2.24) is 5.48 Å². The summed E-state index contributed by atoms with van der Waals surface area (Å²) in [5, 5.41) is 2.31. The number of nitrogens with one attached hydrogen (secondary N) is 1. The van der Waals surface area contributed by atoms with Gasteiger partial charge in [-0.25, -0.2) is 5.48 Å². The van der Waals surface area contributed by atoms with Crippen LogP contribution < -0.4 is 5.48 Å². The summed E-state index contributed by atoms with van der Waals surface area (Å²) in [7, 11) is 0. The van der Waals surface area contributed by atoms with Crippen molar-refractivity contribution in [2.45, 2.75) is 13.0 Å². The van der Waals surface area contributed by atoms with Crippen molar-refractivity contribution < 1.29 is 9.63 Å². The van der Waals surface area contributed by atoms with Crippen molar-refractivity contribution in [1.29, 1.82) is 0 Å². The fraction of sp³-hybridized carbons (Fsp3) is 0.105. The van der Waals surface area contributed by atoms with Gasteiger partial charge in [0.05, 0.1) is 6.42 Å². The van der Waals surface area contributed by atoms with Crippen molar-refractivity contribution in [3.05, 3.63) is 83.9 Å². The Morgan fingerprint density at radius 1 is 0.864 bits per heavy atom. The lowest BCUT2D eigenvalue weighted by atomic mass is 10.1. The average Bonchev–Trinajstić information content (AvgIpc) is 2.56. The predicted octanol–water partition coefficient (Wildman–Crippen LogP) is 3.63. The van der Waals surface area contributed by atoms with Crippen molar-refractivity contribution >= 4 is 16.7 Å². The molecule has 3 nitrogen and oxygen atoms in total. The van der Waals surface area contributed by atoms with Gasteiger partial charge in [0.25, 0.3) is 0 Å². The summed E-state index contributed by atoms with van der Waals surface area (Å²) in [5.41, 5.74) is 4.53. The van der Waals surface area contributed by atoms with Gasteiger partial charge < -0.3 is 0 Å². The summed E-state index contributed by atoms with van der Waals surface area (Å²) in [5.74, 6) is -0.147. The molecular weight excluding hydrogens is 274 g/mol. The molecule has 0 atom stereocenters. The Morgan fingerprint density at radius 2 is 1.59 bits per heavy atom. The first-order valence-corrected chi connectivity index (χ1v) is 7.24. The van der Waals surface area contributed by atoms with Crippen LogP contribution in [0.4, 0.5) is 0 Å². The summed E-state index contributed by atoms with van der Waals surface area (Å²) in [6.45, 7) is 0.349. The first kappa shape index (κ1) is 14.3. The van der Waals surface area contributed by atoms with E-state index in [1.54, 1.807) is 0 Å². The van der Waals surface area contributed by atoms with Crippen LogP contribution in [0.2, 0.25) is 0 Å². The highest BCUT2D eigenvalue weighted by Crippen LogP contribution is 2.18. The number of rotatable bonds is 5. The second kappa shape index (κ2) is 6.87. The smallest absolute Gasteiger partial charge is 0.247 e. The van der Waals surface area contributed by atoms with Gasteiger partial charge >= 0.3 is 0 Å². The van der Waals surface area contributed by atoms with Gasteiger partial charge in [0.2, 0.25) is 5.91 Å². The van der Waals surface area contributed by atoms with Crippen molar-refractivity contribution in [3.8, 4) is 0 Å². The van der Waals surface area contributed by atoms with Gasteiger partial charge in [-0.2, -0.15) is 0 Å². The molecule has 0 saturated carbocycles. The molecule has 0 radical (unpaired) electrons. The quantitative estimate of drug-likeness (QED) is 0.729. The molecule has 0 saturated heterocycles. The van der Waals surface area contributed by atoms with E-state index in [9.17, 15) is 4.79 Å². The van der Waals surface area contributed by atoms with Gasteiger partial charge in [0.15, 0.2) is 0 Å². The van der Waals surface area contributed by atoms with E-state index in [-0.39, 0.29) is 5.91 Å². The number of hydroxylamine groups is 1. The molecule has 3 aromatic rings. The van der Waals surface area contributed by atoms with E-state index in [0.29, 0.717) is 13.0 Å². The van der Waals surface area contributed by atoms with Crippen LogP contribution in [0.25, 0.3) is 10.8 Å². The minimum Gasteiger partial charge on any atom is -0.272 e. The van der Waals surface area contributed by atoms with E-state index < -0.39 is 0 Å². The molecule has 1 amide bonds. The maximum atomic E-state index is 11.8. The summed E-state index contributed by atoms with van der Waals surface area (Å²) in [4.78, 5) is 17.2. The van der Waals surface area contributed by atoms with E-state index in [1.165, 1.54) is 5.39 Å². The second-order valence-electron chi connectivity index (χ2n) is 5.11. The van der Waals surface area contributed by atoms with Crippen molar-refractivity contribution in [2.75, 3.05) is 0 Å². The van der Waals surface area contributed by atoms with E-state index in [4.69, 9.17) is 4.84 Å². The molecule has 0 aromatic heterocycles. The molecule has 0 bridgehead atoms. The zero-order chi connectivity index (χ0) is 15.2. The van der Waals surface area contributed by atoms with E-state index >= 15 is 0 Å². The Bertz CT molecular complexity index is 763. The molecule has 0 unspecified atom stereocenters. The summed E-state index contributed by atoms with van der Waals surface area (Å²) in [6.07, 6.45) is 0.316. The molecular formula is C19H17NO2. The first-order chi connectivity index (χ1) is 10.8. The maximum absolute atomic E-state index is 11.8. The van der Waals surface area contributed by atoms with Crippen LogP contribution in [0.15, 0.2) is 72.8 Å². The third-order valence-electron chi connectivity index (χ3n) is 3.50. The van der Waals surface area contributed by atoms with Gasteiger partial charge in [0.1, 0.15) is 6.61 Å². The molecule has 0 aliphatic rings. The zero-order valence-electron chi connectivity index (χ0n) is 12.2. The molecule has 110 valence electrons. The molecule has 3 heteroatoms. The molecule has 3 rings (SSSR count). The molecule has 1 N–H and O–H groups in total. The minimum absolute atomic E-state index is 0.147. The number of carbonyl (C=O) groups excluding carboxylic acids is 1. The Balaban J connectivity index is 1.57. The standard InChI is InChI=1S/C19H17NO2/c21-19(13-15-7-2-1-3-8-15)20-22-14-17-11-6-10-16-9-4-5-12-18(16)17/h1-12H,13-14H2,(H,20,21). The summed E-state index contributed by atoms with van der Waals surface area (Å²) < 4.78 is 0. The molecule has 0 aliphatic heterocycles. The Labute approximate surface area is 129 Å². The lowest BCUT2D eigenvalue weighted by Crippen LogP contribution is -2.25. The Morgan fingerprint density at radius 3 is 2.45 bits per heavy atom. The van der Waals surface area contributed by atoms with Crippen LogP contribution in [-0.2, 0) is 22.7 Å². The van der Waals surface area contributed by atoms with Crippen LogP contribution in [-0.4, -0.2) is 5.91 Å². The van der Waals surface area contributed by atoms with Crippen LogP contribution in [0, 0.1) is 0 Å². The lowest BCUT2D eigenvalue weighted by molar-refractivity contribution is -0.133. The number of hydrogen-bond acceptors (Lipinski definition) is 2. The van der Waals surface area contributed by atoms with Gasteiger partial charge in [-0.3, -0.25) is 9.63 Å². The monoisotopic (exact) mass is 291 g/mol. The van der Waals surface area contributed by atoms with Crippen LogP contribution >= 0.6 is 0 Å². The van der Waals surface area contributed by atoms with Crippen LogP contribution in [0.1, 0.15) is 11.1 Å².